The van der Waals surface area contributed by atoms with Gasteiger partial charge in [-0.05, 0) is 38.4 Å². The molecule has 0 aliphatic carbocycles. The number of hydrogen-bond donors (Lipinski definition) is 3. The van der Waals surface area contributed by atoms with Crippen LogP contribution in [0.25, 0.3) is 0 Å². The van der Waals surface area contributed by atoms with Gasteiger partial charge in [0.2, 0.25) is 10.0 Å². The lowest BCUT2D eigenvalue weighted by atomic mass is 10.00. The second kappa shape index (κ2) is 9.29. The number of carbonyl (C=O) groups is 1. The van der Waals surface area contributed by atoms with Gasteiger partial charge in [0.05, 0.1) is 26.2 Å². The van der Waals surface area contributed by atoms with Crippen LogP contribution in [0.4, 0.5) is 5.69 Å². The number of halogens is 1. The Balaban J connectivity index is 0.00000338. The summed E-state index contributed by atoms with van der Waals surface area (Å²) in [6.45, 7) is 2.92. The standard InChI is InChI=1S/C16H25N3O5S.ClH/c1-10-7-12(5-6-17-10)18-16(20)11-8-13(19-25(4,21)22)15(24-3)14(9-11)23-2;/h8-10,12,17,19H,5-7H2,1-4H3,(H,18,20);1H. The van der Waals surface area contributed by atoms with Crippen LogP contribution in [-0.2, 0) is 10.0 Å². The van der Waals surface area contributed by atoms with E-state index in [2.05, 4.69) is 22.3 Å². The van der Waals surface area contributed by atoms with Crippen molar-refractivity contribution in [2.75, 3.05) is 31.7 Å². The molecule has 0 spiro atoms. The molecule has 1 aliphatic heterocycles. The summed E-state index contributed by atoms with van der Waals surface area (Å²) in [5, 5.41) is 6.32. The predicted molar refractivity (Wildman–Crippen MR) is 103 cm³/mol. The number of rotatable bonds is 6. The Morgan fingerprint density at radius 2 is 1.96 bits per heavy atom. The normalized spacial score (nSPS) is 19.8. The Kier molecular flexibility index (Phi) is 7.98. The fraction of sp³-hybridized carbons (Fsp3) is 0.562. The third kappa shape index (κ3) is 5.93. The number of sulfonamides is 1. The molecule has 1 aliphatic rings. The lowest BCUT2D eigenvalue weighted by Crippen LogP contribution is -2.46. The van der Waals surface area contributed by atoms with Crippen molar-refractivity contribution in [3.63, 3.8) is 0 Å². The highest BCUT2D eigenvalue weighted by Crippen LogP contribution is 2.37. The number of piperidine rings is 1. The van der Waals surface area contributed by atoms with Crippen molar-refractivity contribution in [3.8, 4) is 11.5 Å². The van der Waals surface area contributed by atoms with E-state index in [0.717, 1.165) is 25.6 Å². The number of carbonyl (C=O) groups excluding carboxylic acids is 1. The summed E-state index contributed by atoms with van der Waals surface area (Å²) in [4.78, 5) is 12.6. The van der Waals surface area contributed by atoms with Crippen molar-refractivity contribution >= 4 is 34.0 Å². The average Bonchev–Trinajstić information content (AvgIpc) is 2.52. The van der Waals surface area contributed by atoms with Gasteiger partial charge in [-0.1, -0.05) is 0 Å². The minimum atomic E-state index is -3.54. The second-order valence-electron chi connectivity index (χ2n) is 6.18. The monoisotopic (exact) mass is 407 g/mol. The van der Waals surface area contributed by atoms with E-state index < -0.39 is 10.0 Å². The van der Waals surface area contributed by atoms with E-state index in [4.69, 9.17) is 9.47 Å². The molecule has 2 rings (SSSR count). The van der Waals surface area contributed by atoms with E-state index in [1.54, 1.807) is 0 Å². The predicted octanol–water partition coefficient (Wildman–Crippen LogP) is 1.37. The highest BCUT2D eigenvalue weighted by Gasteiger charge is 2.23. The lowest BCUT2D eigenvalue weighted by Gasteiger charge is -2.28. The van der Waals surface area contributed by atoms with E-state index in [-0.39, 0.29) is 41.5 Å². The van der Waals surface area contributed by atoms with Gasteiger partial charge >= 0.3 is 0 Å². The van der Waals surface area contributed by atoms with Crippen LogP contribution in [0.2, 0.25) is 0 Å². The number of anilines is 1. The zero-order chi connectivity index (χ0) is 18.6. The molecule has 1 aromatic carbocycles. The van der Waals surface area contributed by atoms with Crippen molar-refractivity contribution in [1.29, 1.82) is 0 Å². The fourth-order valence-electron chi connectivity index (χ4n) is 2.90. The average molecular weight is 408 g/mol. The van der Waals surface area contributed by atoms with Crippen LogP contribution < -0.4 is 24.8 Å². The van der Waals surface area contributed by atoms with E-state index in [0.29, 0.717) is 11.6 Å². The van der Waals surface area contributed by atoms with E-state index in [9.17, 15) is 13.2 Å². The molecular formula is C16H26ClN3O5S. The fourth-order valence-corrected chi connectivity index (χ4v) is 3.45. The topological polar surface area (TPSA) is 106 Å². The van der Waals surface area contributed by atoms with Crippen LogP contribution in [0.15, 0.2) is 12.1 Å². The molecule has 0 radical (unpaired) electrons. The molecule has 0 bridgehead atoms. The molecule has 3 N–H and O–H groups in total. The minimum absolute atomic E-state index is 0. The van der Waals surface area contributed by atoms with Crippen molar-refractivity contribution < 1.29 is 22.7 Å². The third-order valence-electron chi connectivity index (χ3n) is 4.00. The Morgan fingerprint density at radius 1 is 1.27 bits per heavy atom. The van der Waals surface area contributed by atoms with Gasteiger partial charge in [0, 0.05) is 17.6 Å². The highest BCUT2D eigenvalue weighted by atomic mass is 35.5. The molecular weight excluding hydrogens is 382 g/mol. The lowest BCUT2D eigenvalue weighted by molar-refractivity contribution is 0.0925. The first kappa shape index (κ1) is 22.3. The van der Waals surface area contributed by atoms with E-state index in [1.165, 1.54) is 26.4 Å². The number of ether oxygens (including phenoxy) is 2. The molecule has 1 heterocycles. The second-order valence-corrected chi connectivity index (χ2v) is 7.93. The summed E-state index contributed by atoms with van der Waals surface area (Å²) in [6.07, 6.45) is 2.72. The van der Waals surface area contributed by atoms with Gasteiger partial charge in [0.25, 0.3) is 5.91 Å². The minimum Gasteiger partial charge on any atom is -0.493 e. The number of amides is 1. The van der Waals surface area contributed by atoms with E-state index >= 15 is 0 Å². The van der Waals surface area contributed by atoms with Crippen molar-refractivity contribution in [3.05, 3.63) is 17.7 Å². The van der Waals surface area contributed by atoms with Crippen LogP contribution in [0.5, 0.6) is 11.5 Å². The van der Waals surface area contributed by atoms with Gasteiger partial charge in [-0.3, -0.25) is 9.52 Å². The Hall–Kier alpha value is -1.71. The Morgan fingerprint density at radius 3 is 2.50 bits per heavy atom. The van der Waals surface area contributed by atoms with Gasteiger partial charge in [0.1, 0.15) is 0 Å². The largest absolute Gasteiger partial charge is 0.493 e. The van der Waals surface area contributed by atoms with Crippen LogP contribution in [0.1, 0.15) is 30.1 Å². The Labute approximate surface area is 160 Å². The van der Waals surface area contributed by atoms with Crippen molar-refractivity contribution in [1.82, 2.24) is 10.6 Å². The molecule has 148 valence electrons. The molecule has 2 atom stereocenters. The van der Waals surface area contributed by atoms with Crippen molar-refractivity contribution in [2.45, 2.75) is 31.8 Å². The summed E-state index contributed by atoms with van der Waals surface area (Å²) < 4.78 is 36.0. The van der Waals surface area contributed by atoms with E-state index in [1.807, 2.05) is 0 Å². The van der Waals surface area contributed by atoms with Crippen molar-refractivity contribution in [2.24, 2.45) is 0 Å². The smallest absolute Gasteiger partial charge is 0.251 e. The Bertz CT molecular complexity index is 742. The maximum atomic E-state index is 12.6. The number of methoxy groups -OCH3 is 2. The zero-order valence-electron chi connectivity index (χ0n) is 15.3. The molecule has 0 aromatic heterocycles. The molecule has 0 saturated carbocycles. The third-order valence-corrected chi connectivity index (χ3v) is 4.59. The molecule has 8 nitrogen and oxygen atoms in total. The highest BCUT2D eigenvalue weighted by molar-refractivity contribution is 7.92. The van der Waals surface area contributed by atoms with Gasteiger partial charge < -0.3 is 20.1 Å². The van der Waals surface area contributed by atoms with Crippen LogP contribution in [0.3, 0.4) is 0 Å². The first-order valence-corrected chi connectivity index (χ1v) is 9.90. The number of hydrogen-bond acceptors (Lipinski definition) is 6. The molecule has 1 aromatic rings. The van der Waals surface area contributed by atoms with Gasteiger partial charge in [0.15, 0.2) is 11.5 Å². The summed E-state index contributed by atoms with van der Waals surface area (Å²) >= 11 is 0. The van der Waals surface area contributed by atoms with Gasteiger partial charge in [-0.25, -0.2) is 8.42 Å². The molecule has 26 heavy (non-hydrogen) atoms. The molecule has 1 fully saturated rings. The first-order chi connectivity index (χ1) is 11.7. The number of nitrogens with one attached hydrogen (secondary N) is 3. The van der Waals surface area contributed by atoms with Crippen LogP contribution in [-0.4, -0.2) is 53.4 Å². The molecule has 10 heteroatoms. The van der Waals surface area contributed by atoms with Crippen LogP contribution in [0, 0.1) is 0 Å². The molecule has 1 amide bonds. The summed E-state index contributed by atoms with van der Waals surface area (Å²) in [7, 11) is -0.704. The quantitative estimate of drug-likeness (QED) is 0.657. The molecule has 1 saturated heterocycles. The number of benzene rings is 1. The SMILES string of the molecule is COc1cc(C(=O)NC2CCNC(C)C2)cc(NS(C)(=O)=O)c1OC.Cl. The maximum absolute atomic E-state index is 12.6. The van der Waals surface area contributed by atoms with Gasteiger partial charge in [-0.2, -0.15) is 0 Å². The first-order valence-electron chi connectivity index (χ1n) is 8.01. The zero-order valence-corrected chi connectivity index (χ0v) is 16.9. The maximum Gasteiger partial charge on any atom is 0.251 e. The molecule has 2 unspecified atom stereocenters. The summed E-state index contributed by atoms with van der Waals surface area (Å²) in [5.74, 6) is 0.219. The summed E-state index contributed by atoms with van der Waals surface area (Å²) in [5.41, 5.74) is 0.461. The van der Waals surface area contributed by atoms with Crippen LogP contribution >= 0.6 is 12.4 Å². The van der Waals surface area contributed by atoms with Gasteiger partial charge in [-0.15, -0.1) is 12.4 Å². The summed E-state index contributed by atoms with van der Waals surface area (Å²) in [6, 6.07) is 3.39.